The third-order valence-electron chi connectivity index (χ3n) is 2.60. The van der Waals surface area contributed by atoms with E-state index in [0.717, 1.165) is 11.8 Å². The van der Waals surface area contributed by atoms with Gasteiger partial charge < -0.3 is 10.1 Å². The molecule has 1 rings (SSSR count). The first-order valence-corrected chi connectivity index (χ1v) is 7.22. The van der Waals surface area contributed by atoms with Gasteiger partial charge in [-0.2, -0.15) is 0 Å². The molecule has 0 atom stereocenters. The number of alkyl halides is 1. The van der Waals surface area contributed by atoms with Crippen LogP contribution in [0.5, 0.6) is 5.75 Å². The molecule has 18 heavy (non-hydrogen) atoms. The molecule has 0 fully saturated rings. The summed E-state index contributed by atoms with van der Waals surface area (Å²) in [5, 5.41) is 3.88. The third-order valence-corrected chi connectivity index (χ3v) is 3.00. The summed E-state index contributed by atoms with van der Waals surface area (Å²) in [5.74, 6) is 0.539. The maximum absolute atomic E-state index is 12.2. The van der Waals surface area contributed by atoms with Gasteiger partial charge in [0.15, 0.2) is 0 Å². The van der Waals surface area contributed by atoms with E-state index < -0.39 is 0 Å². The van der Waals surface area contributed by atoms with Crippen LogP contribution in [0.4, 0.5) is 0 Å². The normalized spacial score (nSPS) is 11.1. The van der Waals surface area contributed by atoms with Gasteiger partial charge in [0.05, 0.1) is 12.2 Å². The van der Waals surface area contributed by atoms with E-state index in [1.807, 2.05) is 39.0 Å². The van der Waals surface area contributed by atoms with Crippen molar-refractivity contribution in [3.05, 3.63) is 29.8 Å². The van der Waals surface area contributed by atoms with Crippen LogP contribution < -0.4 is 10.1 Å². The molecule has 1 aromatic rings. The summed E-state index contributed by atoms with van der Waals surface area (Å²) in [6, 6.07) is 7.31. The second kappa shape index (κ2) is 6.78. The van der Waals surface area contributed by atoms with Crippen molar-refractivity contribution < 1.29 is 9.53 Å². The predicted molar refractivity (Wildman–Crippen MR) is 77.6 cm³/mol. The molecule has 0 radical (unpaired) electrons. The summed E-state index contributed by atoms with van der Waals surface area (Å²) in [6.07, 6.45) is 0.871. The van der Waals surface area contributed by atoms with Crippen molar-refractivity contribution in [2.24, 2.45) is 0 Å². The Labute approximate surface area is 117 Å². The Morgan fingerprint density at radius 3 is 2.67 bits per heavy atom. The van der Waals surface area contributed by atoms with Gasteiger partial charge in [-0.1, -0.05) is 28.1 Å². The molecule has 0 unspecified atom stereocenters. The van der Waals surface area contributed by atoms with E-state index in [0.29, 0.717) is 17.9 Å². The quantitative estimate of drug-likeness (QED) is 0.818. The molecule has 0 spiro atoms. The number of carbonyl (C=O) groups is 1. The van der Waals surface area contributed by atoms with Crippen LogP contribution in [0.3, 0.4) is 0 Å². The van der Waals surface area contributed by atoms with E-state index in [4.69, 9.17) is 4.74 Å². The van der Waals surface area contributed by atoms with Gasteiger partial charge in [-0.25, -0.2) is 0 Å². The zero-order valence-electron chi connectivity index (χ0n) is 11.1. The SMILES string of the molecule is CCOc1ccccc1C(=O)NC(C)(C)CCBr. The molecule has 4 heteroatoms. The second-order valence-electron chi connectivity index (χ2n) is 4.71. The summed E-state index contributed by atoms with van der Waals surface area (Å²) in [5.41, 5.74) is 0.349. The molecule has 0 saturated carbocycles. The lowest BCUT2D eigenvalue weighted by atomic mass is 10.0. The molecule has 3 nitrogen and oxygen atoms in total. The summed E-state index contributed by atoms with van der Waals surface area (Å²) in [7, 11) is 0. The van der Waals surface area contributed by atoms with E-state index in [2.05, 4.69) is 21.2 Å². The number of halogens is 1. The molecule has 0 aliphatic carbocycles. The number of ether oxygens (including phenoxy) is 1. The minimum absolute atomic E-state index is 0.0926. The Morgan fingerprint density at radius 2 is 2.06 bits per heavy atom. The van der Waals surface area contributed by atoms with Gasteiger partial charge >= 0.3 is 0 Å². The number of benzene rings is 1. The van der Waals surface area contributed by atoms with Crippen LogP contribution in [0.15, 0.2) is 24.3 Å². The smallest absolute Gasteiger partial charge is 0.255 e. The fraction of sp³-hybridized carbons (Fsp3) is 0.500. The molecule has 0 aliphatic rings. The van der Waals surface area contributed by atoms with Gasteiger partial charge in [0.1, 0.15) is 5.75 Å². The lowest BCUT2D eigenvalue weighted by Gasteiger charge is -2.25. The van der Waals surface area contributed by atoms with Crippen LogP contribution in [0.2, 0.25) is 0 Å². The molecule has 100 valence electrons. The van der Waals surface area contributed by atoms with Crippen LogP contribution in [0, 0.1) is 0 Å². The van der Waals surface area contributed by atoms with E-state index in [1.54, 1.807) is 6.07 Å². The van der Waals surface area contributed by atoms with Gasteiger partial charge in [-0.05, 0) is 39.3 Å². The van der Waals surface area contributed by atoms with Crippen molar-refractivity contribution in [1.82, 2.24) is 5.32 Å². The summed E-state index contributed by atoms with van der Waals surface area (Å²) in [4.78, 5) is 12.2. The van der Waals surface area contributed by atoms with Crippen LogP contribution in [-0.2, 0) is 0 Å². The molecule has 1 N–H and O–H groups in total. The Kier molecular flexibility index (Phi) is 5.66. The maximum atomic E-state index is 12.2. The van der Waals surface area contributed by atoms with Gasteiger partial charge in [0.2, 0.25) is 0 Å². The van der Waals surface area contributed by atoms with Gasteiger partial charge in [-0.15, -0.1) is 0 Å². The highest BCUT2D eigenvalue weighted by molar-refractivity contribution is 9.09. The zero-order chi connectivity index (χ0) is 13.6. The number of hydrogen-bond donors (Lipinski definition) is 1. The van der Waals surface area contributed by atoms with Crippen molar-refractivity contribution in [2.45, 2.75) is 32.7 Å². The molecular formula is C14H20BrNO2. The molecule has 0 aromatic heterocycles. The summed E-state index contributed by atoms with van der Waals surface area (Å²) in [6.45, 7) is 6.48. The minimum atomic E-state index is -0.236. The molecule has 0 bridgehead atoms. The molecule has 0 aliphatic heterocycles. The molecule has 1 amide bonds. The van der Waals surface area contributed by atoms with Crippen LogP contribution in [0.25, 0.3) is 0 Å². The van der Waals surface area contributed by atoms with Crippen molar-refractivity contribution in [3.8, 4) is 5.75 Å². The first-order valence-electron chi connectivity index (χ1n) is 6.10. The highest BCUT2D eigenvalue weighted by atomic mass is 79.9. The molecular weight excluding hydrogens is 294 g/mol. The first-order chi connectivity index (χ1) is 8.50. The zero-order valence-corrected chi connectivity index (χ0v) is 12.7. The fourth-order valence-corrected chi connectivity index (χ4v) is 2.60. The number of para-hydroxylation sites is 1. The van der Waals surface area contributed by atoms with Crippen molar-refractivity contribution >= 4 is 21.8 Å². The second-order valence-corrected chi connectivity index (χ2v) is 5.50. The third kappa shape index (κ3) is 4.33. The summed E-state index contributed by atoms with van der Waals surface area (Å²) < 4.78 is 5.46. The average Bonchev–Trinajstić information content (AvgIpc) is 2.29. The Morgan fingerprint density at radius 1 is 1.39 bits per heavy atom. The van der Waals surface area contributed by atoms with Gasteiger partial charge in [0.25, 0.3) is 5.91 Å². The Hall–Kier alpha value is -1.03. The predicted octanol–water partition coefficient (Wildman–Crippen LogP) is 3.38. The van der Waals surface area contributed by atoms with Crippen LogP contribution >= 0.6 is 15.9 Å². The van der Waals surface area contributed by atoms with Crippen molar-refractivity contribution in [1.29, 1.82) is 0 Å². The Balaban J connectivity index is 2.84. The standard InChI is InChI=1S/C14H20BrNO2/c1-4-18-12-8-6-5-7-11(12)13(17)16-14(2,3)9-10-15/h5-8H,4,9-10H2,1-3H3,(H,16,17). The highest BCUT2D eigenvalue weighted by Gasteiger charge is 2.22. The van der Waals surface area contributed by atoms with E-state index >= 15 is 0 Å². The lowest BCUT2D eigenvalue weighted by molar-refractivity contribution is 0.0908. The van der Waals surface area contributed by atoms with Gasteiger partial charge in [0, 0.05) is 10.9 Å². The highest BCUT2D eigenvalue weighted by Crippen LogP contribution is 2.19. The lowest BCUT2D eigenvalue weighted by Crippen LogP contribution is -2.43. The minimum Gasteiger partial charge on any atom is -0.493 e. The van der Waals surface area contributed by atoms with E-state index in [-0.39, 0.29) is 11.4 Å². The number of nitrogens with one attached hydrogen (secondary N) is 1. The monoisotopic (exact) mass is 313 g/mol. The fourth-order valence-electron chi connectivity index (χ4n) is 1.61. The molecule has 0 saturated heterocycles. The molecule has 1 aromatic carbocycles. The topological polar surface area (TPSA) is 38.3 Å². The maximum Gasteiger partial charge on any atom is 0.255 e. The van der Waals surface area contributed by atoms with Crippen LogP contribution in [0.1, 0.15) is 37.6 Å². The molecule has 0 heterocycles. The summed E-state index contributed by atoms with van der Waals surface area (Å²) >= 11 is 3.39. The number of amides is 1. The first kappa shape index (κ1) is 15.0. The number of carbonyl (C=O) groups excluding carboxylic acids is 1. The van der Waals surface area contributed by atoms with E-state index in [9.17, 15) is 4.79 Å². The van der Waals surface area contributed by atoms with E-state index in [1.165, 1.54) is 0 Å². The van der Waals surface area contributed by atoms with Crippen molar-refractivity contribution in [3.63, 3.8) is 0 Å². The largest absolute Gasteiger partial charge is 0.493 e. The average molecular weight is 314 g/mol. The number of hydrogen-bond acceptors (Lipinski definition) is 2. The Bertz CT molecular complexity index is 405. The van der Waals surface area contributed by atoms with Gasteiger partial charge in [-0.3, -0.25) is 4.79 Å². The van der Waals surface area contributed by atoms with Crippen molar-refractivity contribution in [2.75, 3.05) is 11.9 Å². The number of rotatable bonds is 6. The van der Waals surface area contributed by atoms with Crippen LogP contribution in [-0.4, -0.2) is 23.4 Å².